The summed E-state index contributed by atoms with van der Waals surface area (Å²) in [7, 11) is -3.04. The van der Waals surface area contributed by atoms with Crippen LogP contribution < -0.4 is 5.32 Å². The standard InChI is InChI=1S/C12H26N2O2S/c1-11(2)13-8-6-10-17(15,16)14-9-5-4-7-12(14)3/h11-13H,4-10H2,1-3H3. The molecular formula is C12H26N2O2S. The molecule has 0 aliphatic carbocycles. The van der Waals surface area contributed by atoms with Crippen LogP contribution in [0.4, 0.5) is 0 Å². The van der Waals surface area contributed by atoms with E-state index in [0.29, 0.717) is 19.0 Å². The van der Waals surface area contributed by atoms with E-state index in [1.54, 1.807) is 4.31 Å². The Hall–Kier alpha value is -0.130. The number of hydrogen-bond acceptors (Lipinski definition) is 3. The number of piperidine rings is 1. The maximum atomic E-state index is 12.1. The number of hydrogen-bond donors (Lipinski definition) is 1. The monoisotopic (exact) mass is 262 g/mol. The lowest BCUT2D eigenvalue weighted by molar-refractivity contribution is 0.268. The van der Waals surface area contributed by atoms with Crippen LogP contribution in [0, 0.1) is 0 Å². The van der Waals surface area contributed by atoms with Crippen molar-refractivity contribution in [3.05, 3.63) is 0 Å². The van der Waals surface area contributed by atoms with Gasteiger partial charge in [-0.25, -0.2) is 8.42 Å². The summed E-state index contributed by atoms with van der Waals surface area (Å²) in [5.41, 5.74) is 0. The molecule has 1 heterocycles. The van der Waals surface area contributed by atoms with Gasteiger partial charge in [0, 0.05) is 18.6 Å². The molecule has 1 aliphatic rings. The lowest BCUT2D eigenvalue weighted by Gasteiger charge is -2.32. The van der Waals surface area contributed by atoms with Gasteiger partial charge in [-0.15, -0.1) is 0 Å². The predicted molar refractivity (Wildman–Crippen MR) is 71.6 cm³/mol. The van der Waals surface area contributed by atoms with Crippen molar-refractivity contribution in [3.63, 3.8) is 0 Å². The number of nitrogens with zero attached hydrogens (tertiary/aromatic N) is 1. The van der Waals surface area contributed by atoms with Crippen LogP contribution in [-0.4, -0.2) is 43.6 Å². The molecule has 1 aliphatic heterocycles. The van der Waals surface area contributed by atoms with Gasteiger partial charge in [0.15, 0.2) is 0 Å². The predicted octanol–water partition coefficient (Wildman–Crippen LogP) is 1.58. The van der Waals surface area contributed by atoms with Crippen LogP contribution >= 0.6 is 0 Å². The van der Waals surface area contributed by atoms with Gasteiger partial charge in [0.2, 0.25) is 10.0 Å². The van der Waals surface area contributed by atoms with Gasteiger partial charge in [0.1, 0.15) is 0 Å². The van der Waals surface area contributed by atoms with Crippen molar-refractivity contribution in [3.8, 4) is 0 Å². The molecular weight excluding hydrogens is 236 g/mol. The Morgan fingerprint density at radius 2 is 2.06 bits per heavy atom. The van der Waals surface area contributed by atoms with E-state index in [9.17, 15) is 8.42 Å². The number of rotatable bonds is 6. The van der Waals surface area contributed by atoms with Crippen LogP contribution in [0.5, 0.6) is 0 Å². The Bertz CT molecular complexity index is 314. The van der Waals surface area contributed by atoms with Gasteiger partial charge in [-0.1, -0.05) is 20.3 Å². The highest BCUT2D eigenvalue weighted by Crippen LogP contribution is 2.20. The van der Waals surface area contributed by atoms with E-state index in [1.807, 2.05) is 6.92 Å². The highest BCUT2D eigenvalue weighted by atomic mass is 32.2. The largest absolute Gasteiger partial charge is 0.314 e. The van der Waals surface area contributed by atoms with E-state index >= 15 is 0 Å². The Kier molecular flexibility index (Phi) is 5.89. The van der Waals surface area contributed by atoms with Crippen molar-refractivity contribution in [1.29, 1.82) is 0 Å². The second kappa shape index (κ2) is 6.71. The normalized spacial score (nSPS) is 23.2. The average Bonchev–Trinajstić information content (AvgIpc) is 2.24. The smallest absolute Gasteiger partial charge is 0.214 e. The minimum absolute atomic E-state index is 0.187. The minimum Gasteiger partial charge on any atom is -0.314 e. The van der Waals surface area contributed by atoms with Crippen LogP contribution in [-0.2, 0) is 10.0 Å². The summed E-state index contributed by atoms with van der Waals surface area (Å²) in [6.07, 6.45) is 3.86. The van der Waals surface area contributed by atoms with E-state index < -0.39 is 10.0 Å². The van der Waals surface area contributed by atoms with Gasteiger partial charge in [-0.05, 0) is 32.7 Å². The molecule has 4 nitrogen and oxygen atoms in total. The molecule has 0 aromatic carbocycles. The lowest BCUT2D eigenvalue weighted by atomic mass is 10.1. The summed E-state index contributed by atoms with van der Waals surface area (Å²) < 4.78 is 26.0. The third-order valence-electron chi connectivity index (χ3n) is 3.23. The van der Waals surface area contributed by atoms with Crippen molar-refractivity contribution >= 4 is 10.0 Å². The van der Waals surface area contributed by atoms with Crippen molar-refractivity contribution in [2.45, 2.75) is 58.5 Å². The quantitative estimate of drug-likeness (QED) is 0.739. The number of nitrogens with one attached hydrogen (secondary N) is 1. The fourth-order valence-corrected chi connectivity index (χ4v) is 4.05. The van der Waals surface area contributed by atoms with E-state index in [1.165, 1.54) is 0 Å². The third kappa shape index (κ3) is 4.94. The highest BCUT2D eigenvalue weighted by Gasteiger charge is 2.28. The Morgan fingerprint density at radius 1 is 1.35 bits per heavy atom. The molecule has 0 saturated carbocycles. The summed E-state index contributed by atoms with van der Waals surface area (Å²) in [5, 5.41) is 3.25. The first-order valence-electron chi connectivity index (χ1n) is 6.66. The molecule has 0 spiro atoms. The second-order valence-electron chi connectivity index (χ2n) is 5.23. The van der Waals surface area contributed by atoms with Crippen molar-refractivity contribution < 1.29 is 8.42 Å². The molecule has 0 aromatic heterocycles. The lowest BCUT2D eigenvalue weighted by Crippen LogP contribution is -2.43. The SMILES string of the molecule is CC(C)NCCCS(=O)(=O)N1CCCCC1C. The first kappa shape index (κ1) is 14.9. The Balaban J connectivity index is 2.39. The summed E-state index contributed by atoms with van der Waals surface area (Å²) in [6.45, 7) is 7.64. The molecule has 17 heavy (non-hydrogen) atoms. The molecule has 0 radical (unpaired) electrons. The first-order valence-corrected chi connectivity index (χ1v) is 8.27. The molecule has 0 aromatic rings. The molecule has 1 fully saturated rings. The molecule has 1 rings (SSSR count). The van der Waals surface area contributed by atoms with Crippen molar-refractivity contribution in [2.24, 2.45) is 0 Å². The van der Waals surface area contributed by atoms with Crippen molar-refractivity contribution in [1.82, 2.24) is 9.62 Å². The van der Waals surface area contributed by atoms with E-state index in [0.717, 1.165) is 25.8 Å². The maximum absolute atomic E-state index is 12.1. The summed E-state index contributed by atoms with van der Waals surface area (Å²) in [6, 6.07) is 0.610. The molecule has 5 heteroatoms. The highest BCUT2D eigenvalue weighted by molar-refractivity contribution is 7.89. The van der Waals surface area contributed by atoms with Crippen LogP contribution in [0.2, 0.25) is 0 Å². The summed E-state index contributed by atoms with van der Waals surface area (Å²) in [4.78, 5) is 0. The van der Waals surface area contributed by atoms with Crippen LogP contribution in [0.25, 0.3) is 0 Å². The summed E-state index contributed by atoms with van der Waals surface area (Å²) >= 11 is 0. The fraction of sp³-hybridized carbons (Fsp3) is 1.00. The Labute approximate surface area is 106 Å². The molecule has 1 N–H and O–H groups in total. The van der Waals surface area contributed by atoms with Crippen LogP contribution in [0.3, 0.4) is 0 Å². The zero-order valence-corrected chi connectivity index (χ0v) is 12.1. The van der Waals surface area contributed by atoms with Gasteiger partial charge >= 0.3 is 0 Å². The average molecular weight is 262 g/mol. The molecule has 0 amide bonds. The topological polar surface area (TPSA) is 49.4 Å². The van der Waals surface area contributed by atoms with Crippen LogP contribution in [0.1, 0.15) is 46.5 Å². The summed E-state index contributed by atoms with van der Waals surface area (Å²) in [5.74, 6) is 0.275. The maximum Gasteiger partial charge on any atom is 0.214 e. The number of sulfonamides is 1. The van der Waals surface area contributed by atoms with Gasteiger partial charge in [-0.2, -0.15) is 4.31 Å². The molecule has 1 saturated heterocycles. The van der Waals surface area contributed by atoms with Gasteiger partial charge in [0.25, 0.3) is 0 Å². The first-order chi connectivity index (χ1) is 7.93. The van der Waals surface area contributed by atoms with Crippen LogP contribution in [0.15, 0.2) is 0 Å². The fourth-order valence-electron chi connectivity index (χ4n) is 2.25. The molecule has 1 atom stereocenters. The zero-order chi connectivity index (χ0) is 12.9. The minimum atomic E-state index is -3.04. The van der Waals surface area contributed by atoms with E-state index in [4.69, 9.17) is 0 Å². The third-order valence-corrected chi connectivity index (χ3v) is 5.29. The molecule has 1 unspecified atom stereocenters. The van der Waals surface area contributed by atoms with Crippen molar-refractivity contribution in [2.75, 3.05) is 18.8 Å². The van der Waals surface area contributed by atoms with Gasteiger partial charge in [0.05, 0.1) is 5.75 Å². The molecule has 0 bridgehead atoms. The van der Waals surface area contributed by atoms with Gasteiger partial charge < -0.3 is 5.32 Å². The molecule has 102 valence electrons. The zero-order valence-electron chi connectivity index (χ0n) is 11.3. The Morgan fingerprint density at radius 3 is 2.65 bits per heavy atom. The van der Waals surface area contributed by atoms with E-state index in [2.05, 4.69) is 19.2 Å². The second-order valence-corrected chi connectivity index (χ2v) is 7.28. The van der Waals surface area contributed by atoms with E-state index in [-0.39, 0.29) is 11.8 Å². The van der Waals surface area contributed by atoms with Gasteiger partial charge in [-0.3, -0.25) is 0 Å².